The first-order valence-electron chi connectivity index (χ1n) is 8.27. The van der Waals surface area contributed by atoms with E-state index in [0.717, 1.165) is 42.1 Å². The molecule has 0 unspecified atom stereocenters. The van der Waals surface area contributed by atoms with Gasteiger partial charge in [-0.05, 0) is 31.9 Å². The average Bonchev–Trinajstić information content (AvgIpc) is 3.19. The summed E-state index contributed by atoms with van der Waals surface area (Å²) in [6.45, 7) is 4.85. The molecule has 5 rings (SSSR count). The summed E-state index contributed by atoms with van der Waals surface area (Å²) in [5.74, 6) is 3.08. The predicted octanol–water partition coefficient (Wildman–Crippen LogP) is 1.71. The summed E-state index contributed by atoms with van der Waals surface area (Å²) < 4.78 is 1.79. The van der Waals surface area contributed by atoms with E-state index < -0.39 is 0 Å². The van der Waals surface area contributed by atoms with E-state index in [1.54, 1.807) is 15.9 Å². The summed E-state index contributed by atoms with van der Waals surface area (Å²) >= 11 is 1.70. The third-order valence-electron chi connectivity index (χ3n) is 4.59. The molecule has 124 valence electrons. The lowest BCUT2D eigenvalue weighted by Gasteiger charge is -2.40. The Hall–Kier alpha value is -2.29. The maximum atomic E-state index is 4.62. The third kappa shape index (κ3) is 2.48. The highest BCUT2D eigenvalue weighted by Crippen LogP contribution is 2.42. The van der Waals surface area contributed by atoms with Gasteiger partial charge in [0.15, 0.2) is 11.5 Å². The minimum atomic E-state index is 0.609. The molecule has 1 aliphatic carbocycles. The van der Waals surface area contributed by atoms with Crippen LogP contribution in [0.2, 0.25) is 0 Å². The molecule has 2 aliphatic rings. The van der Waals surface area contributed by atoms with Gasteiger partial charge in [0, 0.05) is 31.5 Å². The largest absolute Gasteiger partial charge is 0.360 e. The number of nitrogens with zero attached hydrogens (tertiary/aromatic N) is 7. The summed E-state index contributed by atoms with van der Waals surface area (Å²) in [6.07, 6.45) is 2.55. The second-order valence-electron chi connectivity index (χ2n) is 6.58. The number of anilines is 2. The van der Waals surface area contributed by atoms with Crippen LogP contribution >= 0.6 is 11.3 Å². The van der Waals surface area contributed by atoms with Gasteiger partial charge in [-0.25, -0.2) is 0 Å². The van der Waals surface area contributed by atoms with Crippen molar-refractivity contribution in [3.8, 4) is 0 Å². The number of nitrogens with one attached hydrogen (secondary N) is 1. The number of aromatic nitrogens is 6. The van der Waals surface area contributed by atoms with E-state index in [9.17, 15) is 0 Å². The summed E-state index contributed by atoms with van der Waals surface area (Å²) in [5, 5.41) is 26.8. The Morgan fingerprint density at radius 3 is 2.88 bits per heavy atom. The van der Waals surface area contributed by atoms with Crippen LogP contribution in [0.15, 0.2) is 12.1 Å². The van der Waals surface area contributed by atoms with E-state index in [1.807, 2.05) is 19.1 Å². The van der Waals surface area contributed by atoms with Gasteiger partial charge in [-0.2, -0.15) is 4.52 Å². The van der Waals surface area contributed by atoms with E-state index in [2.05, 4.69) is 35.7 Å². The molecule has 1 saturated carbocycles. The Labute approximate surface area is 142 Å². The van der Waals surface area contributed by atoms with Crippen LogP contribution in [0.3, 0.4) is 0 Å². The fourth-order valence-electron chi connectivity index (χ4n) is 2.97. The maximum absolute atomic E-state index is 4.62. The number of rotatable bonds is 5. The van der Waals surface area contributed by atoms with Crippen molar-refractivity contribution in [2.45, 2.75) is 25.7 Å². The molecule has 3 aromatic rings. The first-order chi connectivity index (χ1) is 11.8. The van der Waals surface area contributed by atoms with Gasteiger partial charge in [-0.1, -0.05) is 11.3 Å². The van der Waals surface area contributed by atoms with E-state index in [-0.39, 0.29) is 0 Å². The molecular weight excluding hydrogens is 324 g/mol. The van der Waals surface area contributed by atoms with Gasteiger partial charge in [-0.15, -0.1) is 25.5 Å². The van der Waals surface area contributed by atoms with E-state index in [0.29, 0.717) is 11.8 Å². The third-order valence-corrected chi connectivity index (χ3v) is 5.64. The SMILES string of the molecule is Cc1nnc2ccc(N3CC(CNc4nnc(C5CC5)s4)C3)nn12. The zero-order valence-corrected chi connectivity index (χ0v) is 14.2. The summed E-state index contributed by atoms with van der Waals surface area (Å²) in [5.41, 5.74) is 0.790. The molecule has 3 aromatic heterocycles. The van der Waals surface area contributed by atoms with Gasteiger partial charge < -0.3 is 10.2 Å². The summed E-state index contributed by atoms with van der Waals surface area (Å²) in [4.78, 5) is 2.28. The van der Waals surface area contributed by atoms with E-state index in [4.69, 9.17) is 0 Å². The summed E-state index contributed by atoms with van der Waals surface area (Å²) in [6, 6.07) is 3.98. The van der Waals surface area contributed by atoms with Crippen molar-refractivity contribution in [3.05, 3.63) is 23.0 Å². The monoisotopic (exact) mass is 342 g/mol. The van der Waals surface area contributed by atoms with Crippen molar-refractivity contribution in [1.29, 1.82) is 0 Å². The molecule has 1 saturated heterocycles. The van der Waals surface area contributed by atoms with E-state index >= 15 is 0 Å². The Balaban J connectivity index is 1.17. The maximum Gasteiger partial charge on any atom is 0.205 e. The van der Waals surface area contributed by atoms with Gasteiger partial charge in [0.25, 0.3) is 0 Å². The minimum Gasteiger partial charge on any atom is -0.360 e. The van der Waals surface area contributed by atoms with Crippen molar-refractivity contribution < 1.29 is 0 Å². The lowest BCUT2D eigenvalue weighted by molar-refractivity contribution is 0.425. The zero-order valence-electron chi connectivity index (χ0n) is 13.4. The quantitative estimate of drug-likeness (QED) is 0.755. The average molecular weight is 342 g/mol. The fraction of sp³-hybridized carbons (Fsp3) is 0.533. The second kappa shape index (κ2) is 5.37. The standard InChI is InChI=1S/C15H18N8S/c1-9-17-18-12-4-5-13(21-23(9)12)22-7-10(8-22)6-16-15-20-19-14(24-15)11-2-3-11/h4-5,10-11H,2-3,6-8H2,1H3,(H,16,20). The van der Waals surface area contributed by atoms with Crippen LogP contribution in [0.1, 0.15) is 29.6 Å². The van der Waals surface area contributed by atoms with Crippen molar-refractivity contribution in [2.75, 3.05) is 29.9 Å². The van der Waals surface area contributed by atoms with Crippen LogP contribution in [-0.4, -0.2) is 49.6 Å². The fourth-order valence-corrected chi connectivity index (χ4v) is 3.89. The van der Waals surface area contributed by atoms with Crippen LogP contribution in [-0.2, 0) is 0 Å². The normalized spacial score (nSPS) is 18.1. The lowest BCUT2D eigenvalue weighted by Crippen LogP contribution is -2.50. The van der Waals surface area contributed by atoms with Crippen molar-refractivity contribution in [3.63, 3.8) is 0 Å². The van der Waals surface area contributed by atoms with Crippen molar-refractivity contribution >= 4 is 27.9 Å². The molecule has 0 radical (unpaired) electrons. The molecule has 24 heavy (non-hydrogen) atoms. The summed E-state index contributed by atoms with van der Waals surface area (Å²) in [7, 11) is 0. The molecular formula is C15H18N8S. The van der Waals surface area contributed by atoms with Crippen LogP contribution < -0.4 is 10.2 Å². The topological polar surface area (TPSA) is 84.1 Å². The first kappa shape index (κ1) is 14.1. The molecule has 0 amide bonds. The van der Waals surface area contributed by atoms with Gasteiger partial charge in [0.05, 0.1) is 0 Å². The molecule has 0 aromatic carbocycles. The highest BCUT2D eigenvalue weighted by Gasteiger charge is 2.30. The number of hydrogen-bond acceptors (Lipinski definition) is 8. The number of fused-ring (bicyclic) bond motifs is 1. The molecule has 0 bridgehead atoms. The van der Waals surface area contributed by atoms with Gasteiger partial charge >= 0.3 is 0 Å². The number of hydrogen-bond donors (Lipinski definition) is 1. The Morgan fingerprint density at radius 1 is 1.17 bits per heavy atom. The van der Waals surface area contributed by atoms with E-state index in [1.165, 1.54) is 17.8 Å². The molecule has 1 aliphatic heterocycles. The van der Waals surface area contributed by atoms with Crippen LogP contribution in [0.25, 0.3) is 5.65 Å². The van der Waals surface area contributed by atoms with Gasteiger partial charge in [0.1, 0.15) is 10.8 Å². The van der Waals surface area contributed by atoms with Crippen molar-refractivity contribution in [1.82, 2.24) is 30.0 Å². The molecule has 0 spiro atoms. The lowest BCUT2D eigenvalue weighted by atomic mass is 10.0. The molecule has 4 heterocycles. The zero-order chi connectivity index (χ0) is 16.1. The molecule has 0 atom stereocenters. The molecule has 9 heteroatoms. The first-order valence-corrected chi connectivity index (χ1v) is 9.09. The Kier molecular flexibility index (Phi) is 3.15. The van der Waals surface area contributed by atoms with Crippen LogP contribution in [0, 0.1) is 12.8 Å². The highest BCUT2D eigenvalue weighted by atomic mass is 32.1. The molecule has 2 fully saturated rings. The number of aryl methyl sites for hydroxylation is 1. The minimum absolute atomic E-state index is 0.609. The van der Waals surface area contributed by atoms with Crippen LogP contribution in [0.5, 0.6) is 0 Å². The Morgan fingerprint density at radius 2 is 2.04 bits per heavy atom. The van der Waals surface area contributed by atoms with Crippen molar-refractivity contribution in [2.24, 2.45) is 5.92 Å². The van der Waals surface area contributed by atoms with Crippen LogP contribution in [0.4, 0.5) is 10.9 Å². The Bertz CT molecular complexity index is 877. The van der Waals surface area contributed by atoms with Gasteiger partial charge in [-0.3, -0.25) is 0 Å². The second-order valence-corrected chi connectivity index (χ2v) is 7.59. The van der Waals surface area contributed by atoms with Gasteiger partial charge in [0.2, 0.25) is 5.13 Å². The predicted molar refractivity (Wildman–Crippen MR) is 91.6 cm³/mol. The molecule has 8 nitrogen and oxygen atoms in total. The molecule has 1 N–H and O–H groups in total. The highest BCUT2D eigenvalue weighted by molar-refractivity contribution is 7.15. The smallest absolute Gasteiger partial charge is 0.205 e.